The van der Waals surface area contributed by atoms with Gasteiger partial charge in [-0.25, -0.2) is 16.8 Å². The maximum absolute atomic E-state index is 10.8. The first kappa shape index (κ1) is 15.9. The first-order chi connectivity index (χ1) is 7.21. The van der Waals surface area contributed by atoms with Gasteiger partial charge in [0.15, 0.2) is 0 Å². The van der Waals surface area contributed by atoms with Crippen molar-refractivity contribution >= 4 is 19.7 Å². The van der Waals surface area contributed by atoms with Crippen molar-refractivity contribution in [1.29, 1.82) is 0 Å². The van der Waals surface area contributed by atoms with E-state index in [-0.39, 0.29) is 11.5 Å². The zero-order valence-corrected chi connectivity index (χ0v) is 11.7. The molecule has 0 aromatic carbocycles. The zero-order valence-electron chi connectivity index (χ0n) is 10.1. The van der Waals surface area contributed by atoms with Gasteiger partial charge in [0.1, 0.15) is 19.7 Å². The molecular weight excluding hydrogens is 248 g/mol. The van der Waals surface area contributed by atoms with Crippen molar-refractivity contribution in [3.63, 3.8) is 0 Å². The van der Waals surface area contributed by atoms with Gasteiger partial charge >= 0.3 is 0 Å². The molecule has 0 amide bonds. The molecule has 0 aliphatic rings. The molecule has 0 spiro atoms. The predicted molar refractivity (Wildman–Crippen MR) is 67.1 cm³/mol. The van der Waals surface area contributed by atoms with Gasteiger partial charge in [-0.15, -0.1) is 0 Å². The largest absolute Gasteiger partial charge is 0.229 e. The molecule has 0 aromatic heterocycles. The maximum Gasteiger partial charge on any atom is 0.147 e. The smallest absolute Gasteiger partial charge is 0.147 e. The summed E-state index contributed by atoms with van der Waals surface area (Å²) in [5, 5.41) is 0. The Balaban J connectivity index is 3.29. The van der Waals surface area contributed by atoms with Crippen LogP contribution in [0.4, 0.5) is 0 Å². The maximum atomic E-state index is 10.8. The Morgan fingerprint density at radius 1 is 0.562 bits per heavy atom. The summed E-state index contributed by atoms with van der Waals surface area (Å²) in [6.07, 6.45) is 7.71. The second-order valence-corrected chi connectivity index (χ2v) is 8.90. The van der Waals surface area contributed by atoms with E-state index >= 15 is 0 Å². The summed E-state index contributed by atoms with van der Waals surface area (Å²) in [5.41, 5.74) is 0. The Morgan fingerprint density at radius 2 is 0.812 bits per heavy atom. The molecule has 0 aliphatic carbocycles. The monoisotopic (exact) mass is 270 g/mol. The fourth-order valence-corrected chi connectivity index (χ4v) is 2.89. The van der Waals surface area contributed by atoms with Crippen molar-refractivity contribution in [2.24, 2.45) is 0 Å². The molecule has 0 bridgehead atoms. The summed E-state index contributed by atoms with van der Waals surface area (Å²) in [5.74, 6) is 0.521. The lowest BCUT2D eigenvalue weighted by atomic mass is 10.1. The second kappa shape index (κ2) is 7.27. The number of sulfone groups is 2. The van der Waals surface area contributed by atoms with E-state index < -0.39 is 19.7 Å². The van der Waals surface area contributed by atoms with Gasteiger partial charge in [0.2, 0.25) is 0 Å². The molecule has 4 nitrogen and oxygen atoms in total. The van der Waals surface area contributed by atoms with Crippen LogP contribution in [0, 0.1) is 0 Å². The lowest BCUT2D eigenvalue weighted by Crippen LogP contribution is -2.03. The van der Waals surface area contributed by atoms with Gasteiger partial charge in [-0.2, -0.15) is 0 Å². The van der Waals surface area contributed by atoms with E-state index in [2.05, 4.69) is 0 Å². The van der Waals surface area contributed by atoms with Crippen LogP contribution in [0.25, 0.3) is 0 Å². The SMILES string of the molecule is CS(=O)(=O)CCCCCCCCS(C)(=O)=O. The summed E-state index contributed by atoms with van der Waals surface area (Å²) in [7, 11) is -5.64. The van der Waals surface area contributed by atoms with Crippen molar-refractivity contribution in [1.82, 2.24) is 0 Å². The predicted octanol–water partition coefficient (Wildman–Crippen LogP) is 1.42. The highest BCUT2D eigenvalue weighted by Gasteiger charge is 2.02. The number of rotatable bonds is 9. The van der Waals surface area contributed by atoms with Gasteiger partial charge in [0.05, 0.1) is 0 Å². The van der Waals surface area contributed by atoms with E-state index in [1.807, 2.05) is 0 Å². The number of hydrogen-bond acceptors (Lipinski definition) is 4. The first-order valence-electron chi connectivity index (χ1n) is 5.56. The number of unbranched alkanes of at least 4 members (excludes halogenated alkanes) is 5. The molecule has 16 heavy (non-hydrogen) atoms. The molecule has 0 saturated heterocycles. The lowest BCUT2D eigenvalue weighted by Gasteiger charge is -2.01. The fourth-order valence-electron chi connectivity index (χ4n) is 1.44. The average Bonchev–Trinajstić information content (AvgIpc) is 2.06. The van der Waals surface area contributed by atoms with Crippen LogP contribution < -0.4 is 0 Å². The van der Waals surface area contributed by atoms with E-state index in [4.69, 9.17) is 0 Å². The van der Waals surface area contributed by atoms with Crippen LogP contribution in [0.2, 0.25) is 0 Å². The normalized spacial score (nSPS) is 12.9. The van der Waals surface area contributed by atoms with Gasteiger partial charge < -0.3 is 0 Å². The van der Waals surface area contributed by atoms with Crippen LogP contribution >= 0.6 is 0 Å². The minimum absolute atomic E-state index is 0.260. The third-order valence-corrected chi connectivity index (χ3v) is 4.34. The van der Waals surface area contributed by atoms with E-state index in [0.717, 1.165) is 25.7 Å². The lowest BCUT2D eigenvalue weighted by molar-refractivity contribution is 0.581. The van der Waals surface area contributed by atoms with Gasteiger partial charge in [-0.1, -0.05) is 25.7 Å². The van der Waals surface area contributed by atoms with Crippen molar-refractivity contribution in [3.8, 4) is 0 Å². The Kier molecular flexibility index (Phi) is 7.22. The highest BCUT2D eigenvalue weighted by Crippen LogP contribution is 2.07. The van der Waals surface area contributed by atoms with Crippen molar-refractivity contribution in [2.75, 3.05) is 24.0 Å². The molecule has 0 aromatic rings. The quantitative estimate of drug-likeness (QED) is 0.594. The van der Waals surface area contributed by atoms with Crippen LogP contribution in [-0.4, -0.2) is 40.9 Å². The Labute approximate surface area is 99.3 Å². The third-order valence-electron chi connectivity index (χ3n) is 2.28. The average molecular weight is 270 g/mol. The fraction of sp³-hybridized carbons (Fsp3) is 1.00. The van der Waals surface area contributed by atoms with Gasteiger partial charge in [0, 0.05) is 24.0 Å². The topological polar surface area (TPSA) is 68.3 Å². The van der Waals surface area contributed by atoms with Crippen LogP contribution in [-0.2, 0) is 19.7 Å². The Morgan fingerprint density at radius 3 is 1.06 bits per heavy atom. The first-order valence-corrected chi connectivity index (χ1v) is 9.68. The summed E-state index contributed by atoms with van der Waals surface area (Å²) in [6, 6.07) is 0. The van der Waals surface area contributed by atoms with Gasteiger partial charge in [-0.3, -0.25) is 0 Å². The summed E-state index contributed by atoms with van der Waals surface area (Å²) in [6.45, 7) is 0. The standard InChI is InChI=1S/C10H22O4S2/c1-15(11,12)9-7-5-3-4-6-8-10-16(2,13)14/h3-10H2,1-2H3. The van der Waals surface area contributed by atoms with Crippen LogP contribution in [0.15, 0.2) is 0 Å². The zero-order chi connectivity index (χ0) is 12.7. The molecule has 0 rings (SSSR count). The molecule has 6 heteroatoms. The van der Waals surface area contributed by atoms with Crippen molar-refractivity contribution < 1.29 is 16.8 Å². The minimum Gasteiger partial charge on any atom is -0.229 e. The summed E-state index contributed by atoms with van der Waals surface area (Å²) >= 11 is 0. The molecule has 0 radical (unpaired) electrons. The third kappa shape index (κ3) is 13.9. The van der Waals surface area contributed by atoms with Gasteiger partial charge in [0.25, 0.3) is 0 Å². The number of hydrogen-bond donors (Lipinski definition) is 0. The highest BCUT2D eigenvalue weighted by molar-refractivity contribution is 7.90. The molecule has 0 saturated carbocycles. The molecule has 0 heterocycles. The van der Waals surface area contributed by atoms with E-state index in [1.54, 1.807) is 0 Å². The molecule has 0 unspecified atom stereocenters. The van der Waals surface area contributed by atoms with Crippen LogP contribution in [0.5, 0.6) is 0 Å². The molecule has 0 fully saturated rings. The van der Waals surface area contributed by atoms with Crippen LogP contribution in [0.3, 0.4) is 0 Å². The molecule has 0 N–H and O–H groups in total. The molecular formula is C10H22O4S2. The summed E-state index contributed by atoms with van der Waals surface area (Å²) in [4.78, 5) is 0. The second-order valence-electron chi connectivity index (χ2n) is 4.38. The molecule has 0 atom stereocenters. The van der Waals surface area contributed by atoms with E-state index in [0.29, 0.717) is 12.8 Å². The molecule has 0 aliphatic heterocycles. The van der Waals surface area contributed by atoms with E-state index in [1.165, 1.54) is 12.5 Å². The summed E-state index contributed by atoms with van der Waals surface area (Å²) < 4.78 is 43.2. The molecule has 98 valence electrons. The highest BCUT2D eigenvalue weighted by atomic mass is 32.2. The van der Waals surface area contributed by atoms with Crippen molar-refractivity contribution in [3.05, 3.63) is 0 Å². The Bertz CT molecular complexity index is 330. The minimum atomic E-state index is -2.82. The van der Waals surface area contributed by atoms with E-state index in [9.17, 15) is 16.8 Å². The Hall–Kier alpha value is -0.100. The van der Waals surface area contributed by atoms with Crippen molar-refractivity contribution in [2.45, 2.75) is 38.5 Å². The van der Waals surface area contributed by atoms with Crippen LogP contribution in [0.1, 0.15) is 38.5 Å². The van der Waals surface area contributed by atoms with Gasteiger partial charge in [-0.05, 0) is 12.8 Å².